The van der Waals surface area contributed by atoms with Gasteiger partial charge >= 0.3 is 11.9 Å². The molecule has 3 aromatic carbocycles. The van der Waals surface area contributed by atoms with Crippen molar-refractivity contribution in [3.63, 3.8) is 0 Å². The maximum atomic E-state index is 13.0. The Morgan fingerprint density at radius 3 is 2.05 bits per heavy atom. The van der Waals surface area contributed by atoms with E-state index in [0.717, 1.165) is 4.68 Å². The predicted molar refractivity (Wildman–Crippen MR) is 158 cm³/mol. The van der Waals surface area contributed by atoms with Gasteiger partial charge in [-0.25, -0.2) is 14.3 Å². The zero-order valence-corrected chi connectivity index (χ0v) is 24.1. The molecule has 5 aromatic rings. The van der Waals surface area contributed by atoms with Gasteiger partial charge in [0.1, 0.15) is 11.3 Å². The van der Waals surface area contributed by atoms with E-state index in [4.69, 9.17) is 30.5 Å². The molecule has 0 N–H and O–H groups in total. The Hall–Kier alpha value is -5.42. The van der Waals surface area contributed by atoms with Crippen LogP contribution in [0.5, 0.6) is 17.2 Å². The molecular formula is C31H25ClN4O7. The highest BCUT2D eigenvalue weighted by Gasteiger charge is 2.31. The summed E-state index contributed by atoms with van der Waals surface area (Å²) in [5, 5.41) is 8.63. The minimum Gasteiger partial charge on any atom is -0.490 e. The molecule has 0 spiro atoms. The lowest BCUT2D eigenvalue weighted by molar-refractivity contribution is 0.0549. The Morgan fingerprint density at radius 2 is 1.44 bits per heavy atom. The Balaban J connectivity index is 1.60. The summed E-state index contributed by atoms with van der Waals surface area (Å²) in [5.41, 5.74) is 0.870. The van der Waals surface area contributed by atoms with Crippen molar-refractivity contribution in [1.82, 2.24) is 19.6 Å². The molecule has 11 nitrogen and oxygen atoms in total. The van der Waals surface area contributed by atoms with Crippen molar-refractivity contribution < 1.29 is 28.5 Å². The second-order valence-electron chi connectivity index (χ2n) is 8.87. The molecule has 0 atom stereocenters. The summed E-state index contributed by atoms with van der Waals surface area (Å²) in [6.07, 6.45) is 1.33. The summed E-state index contributed by atoms with van der Waals surface area (Å²) < 4.78 is 24.3. The van der Waals surface area contributed by atoms with Gasteiger partial charge in [-0.2, -0.15) is 14.9 Å². The molecule has 0 radical (unpaired) electrons. The van der Waals surface area contributed by atoms with E-state index < -0.39 is 17.5 Å². The summed E-state index contributed by atoms with van der Waals surface area (Å²) in [4.78, 5) is 38.9. The molecule has 0 aliphatic heterocycles. The quantitative estimate of drug-likeness (QED) is 0.202. The predicted octanol–water partition coefficient (Wildman–Crippen LogP) is 5.50. The Morgan fingerprint density at radius 1 is 0.814 bits per heavy atom. The third-order valence-corrected chi connectivity index (χ3v) is 6.63. The van der Waals surface area contributed by atoms with Gasteiger partial charge in [0.05, 0.1) is 38.4 Å². The number of methoxy groups -OCH3 is 2. The molecule has 0 aliphatic rings. The number of hydrogen-bond acceptors (Lipinski definition) is 9. The van der Waals surface area contributed by atoms with E-state index in [0.29, 0.717) is 16.9 Å². The minimum absolute atomic E-state index is 0.0177. The van der Waals surface area contributed by atoms with Crippen LogP contribution in [0.1, 0.15) is 27.8 Å². The Kier molecular flexibility index (Phi) is 8.54. The topological polar surface area (TPSA) is 124 Å². The lowest BCUT2D eigenvalue weighted by Crippen LogP contribution is -2.21. The van der Waals surface area contributed by atoms with E-state index in [1.54, 1.807) is 73.7 Å². The van der Waals surface area contributed by atoms with Gasteiger partial charge in [0.2, 0.25) is 0 Å². The zero-order valence-electron chi connectivity index (χ0n) is 23.3. The molecule has 0 bridgehead atoms. The molecule has 0 aliphatic carbocycles. The minimum atomic E-state index is -0.785. The van der Waals surface area contributed by atoms with Gasteiger partial charge in [0.15, 0.2) is 28.0 Å². The molecular weight excluding hydrogens is 576 g/mol. The Bertz CT molecular complexity index is 1850. The van der Waals surface area contributed by atoms with Crippen LogP contribution in [0.4, 0.5) is 0 Å². The van der Waals surface area contributed by atoms with Crippen LogP contribution in [0, 0.1) is 0 Å². The Labute approximate surface area is 250 Å². The molecule has 43 heavy (non-hydrogen) atoms. The molecule has 2 heterocycles. The molecule has 0 unspecified atom stereocenters. The first-order valence-corrected chi connectivity index (χ1v) is 13.4. The number of hydrogen-bond donors (Lipinski definition) is 0. The number of rotatable bonds is 9. The number of nitrogens with zero attached hydrogens (tertiary/aromatic N) is 4. The van der Waals surface area contributed by atoms with E-state index in [9.17, 15) is 14.4 Å². The van der Waals surface area contributed by atoms with Gasteiger partial charge in [0, 0.05) is 5.56 Å². The SMILES string of the molecule is CCOc1cc(-c2nn(-c3ccccc3)c(C(=O)OC)c2C(=O)OC)ccc1Oc1cnn(-c2ccccc2)c(=O)c1Cl. The van der Waals surface area contributed by atoms with Crippen LogP contribution in [0.15, 0.2) is 89.9 Å². The van der Waals surface area contributed by atoms with E-state index in [1.807, 2.05) is 12.1 Å². The normalized spacial score (nSPS) is 10.7. The van der Waals surface area contributed by atoms with Gasteiger partial charge in [-0.05, 0) is 49.4 Å². The first-order chi connectivity index (χ1) is 20.9. The van der Waals surface area contributed by atoms with Crippen LogP contribution < -0.4 is 15.0 Å². The lowest BCUT2D eigenvalue weighted by Gasteiger charge is -2.14. The highest BCUT2D eigenvalue weighted by molar-refractivity contribution is 6.31. The van der Waals surface area contributed by atoms with Crippen molar-refractivity contribution >= 4 is 23.5 Å². The van der Waals surface area contributed by atoms with Crippen LogP contribution in [-0.4, -0.2) is 52.3 Å². The second kappa shape index (κ2) is 12.6. The fraction of sp³-hybridized carbons (Fsp3) is 0.129. The number of ether oxygens (including phenoxy) is 4. The summed E-state index contributed by atoms with van der Waals surface area (Å²) in [7, 11) is 2.42. The van der Waals surface area contributed by atoms with Crippen molar-refractivity contribution in [1.29, 1.82) is 0 Å². The van der Waals surface area contributed by atoms with E-state index in [-0.39, 0.29) is 45.8 Å². The van der Waals surface area contributed by atoms with Crippen LogP contribution in [0.3, 0.4) is 0 Å². The molecule has 0 amide bonds. The molecule has 0 fully saturated rings. The second-order valence-corrected chi connectivity index (χ2v) is 9.25. The average Bonchev–Trinajstić information content (AvgIpc) is 3.45. The summed E-state index contributed by atoms with van der Waals surface area (Å²) in [6, 6.07) is 22.4. The molecule has 218 valence electrons. The lowest BCUT2D eigenvalue weighted by atomic mass is 10.0. The molecule has 12 heteroatoms. The molecule has 0 saturated heterocycles. The van der Waals surface area contributed by atoms with Crippen LogP contribution in [0.2, 0.25) is 5.02 Å². The zero-order chi connectivity index (χ0) is 30.5. The van der Waals surface area contributed by atoms with Gasteiger partial charge in [0.25, 0.3) is 5.56 Å². The van der Waals surface area contributed by atoms with Crippen molar-refractivity contribution in [2.75, 3.05) is 20.8 Å². The fourth-order valence-electron chi connectivity index (χ4n) is 4.33. The van der Waals surface area contributed by atoms with Crippen molar-refractivity contribution in [2.45, 2.75) is 6.92 Å². The monoisotopic (exact) mass is 600 g/mol. The van der Waals surface area contributed by atoms with Gasteiger partial charge in [-0.3, -0.25) is 4.79 Å². The number of carbonyl (C=O) groups excluding carboxylic acids is 2. The van der Waals surface area contributed by atoms with Crippen LogP contribution in [-0.2, 0) is 9.47 Å². The highest BCUT2D eigenvalue weighted by atomic mass is 35.5. The first-order valence-electron chi connectivity index (χ1n) is 13.0. The standard InChI is InChI=1S/C31H25ClN4O7/c1-4-42-23-17-19(15-16-22(23)43-24-18-33-36(29(37)26(24)32)21-13-9-6-10-14-21)27-25(30(38)40-2)28(31(39)41-3)35(34-27)20-11-7-5-8-12-20/h5-18H,4H2,1-3H3. The molecule has 2 aromatic heterocycles. The number of para-hydroxylation sites is 2. The number of esters is 2. The van der Waals surface area contributed by atoms with Gasteiger partial charge < -0.3 is 18.9 Å². The van der Waals surface area contributed by atoms with Gasteiger partial charge in [-0.15, -0.1) is 0 Å². The maximum absolute atomic E-state index is 13.0. The number of benzene rings is 3. The van der Waals surface area contributed by atoms with Crippen molar-refractivity contribution in [3.05, 3.63) is 112 Å². The smallest absolute Gasteiger partial charge is 0.357 e. The fourth-order valence-corrected chi connectivity index (χ4v) is 4.49. The third kappa shape index (κ3) is 5.70. The van der Waals surface area contributed by atoms with Crippen molar-refractivity contribution in [3.8, 4) is 39.9 Å². The van der Waals surface area contributed by atoms with E-state index in [2.05, 4.69) is 10.2 Å². The number of carbonyl (C=O) groups is 2. The molecule has 5 rings (SSSR count). The van der Waals surface area contributed by atoms with Gasteiger partial charge in [-0.1, -0.05) is 48.0 Å². The number of aromatic nitrogens is 4. The van der Waals surface area contributed by atoms with Crippen LogP contribution >= 0.6 is 11.6 Å². The molecule has 0 saturated carbocycles. The summed E-state index contributed by atoms with van der Waals surface area (Å²) in [5.74, 6) is -1.06. The number of halogens is 1. The average molecular weight is 601 g/mol. The van der Waals surface area contributed by atoms with Crippen LogP contribution in [0.25, 0.3) is 22.6 Å². The first kappa shape index (κ1) is 29.1. The van der Waals surface area contributed by atoms with E-state index >= 15 is 0 Å². The highest BCUT2D eigenvalue weighted by Crippen LogP contribution is 2.38. The van der Waals surface area contributed by atoms with Crippen molar-refractivity contribution in [2.24, 2.45) is 0 Å². The summed E-state index contributed by atoms with van der Waals surface area (Å²) >= 11 is 6.40. The largest absolute Gasteiger partial charge is 0.490 e. The maximum Gasteiger partial charge on any atom is 0.357 e. The third-order valence-electron chi connectivity index (χ3n) is 6.28. The van der Waals surface area contributed by atoms with E-state index in [1.165, 1.54) is 25.1 Å². The summed E-state index contributed by atoms with van der Waals surface area (Å²) in [6.45, 7) is 2.04.